The van der Waals surface area contributed by atoms with Gasteiger partial charge < -0.3 is 23.7 Å². The van der Waals surface area contributed by atoms with Crippen LogP contribution in [0.5, 0.6) is 17.2 Å². The molecular weight excluding hydrogens is 660 g/mol. The number of ether oxygens (including phenoxy) is 5. The third kappa shape index (κ3) is 20.6. The molecule has 282 valence electrons. The SMILES string of the molecule is C=CC(=O)OCCCCCCOc1ccc(C(C)=O)cc1.C=CC=O.CCc1ccc(OC(=O)c2ccc(OCCCCCCOC)cc2)c(C)c1. The Morgan fingerprint density at radius 3 is 1.63 bits per heavy atom. The number of carbonyl (C=O) groups is 4. The number of methoxy groups -OCH3 is 1. The first-order chi connectivity index (χ1) is 25.2. The first-order valence-electron chi connectivity index (χ1n) is 17.8. The predicted octanol–water partition coefficient (Wildman–Crippen LogP) is 9.29. The number of carbonyl (C=O) groups excluding carboxylic acids is 4. The Labute approximate surface area is 310 Å². The molecule has 0 atom stereocenters. The van der Waals surface area contributed by atoms with E-state index in [1.807, 2.05) is 43.3 Å². The van der Waals surface area contributed by atoms with Gasteiger partial charge >= 0.3 is 11.9 Å². The second kappa shape index (κ2) is 28.7. The smallest absolute Gasteiger partial charge is 0.343 e. The zero-order chi connectivity index (χ0) is 38.4. The monoisotopic (exact) mass is 716 g/mol. The summed E-state index contributed by atoms with van der Waals surface area (Å²) < 4.78 is 26.8. The molecule has 0 aliphatic heterocycles. The maximum absolute atomic E-state index is 12.3. The van der Waals surface area contributed by atoms with Gasteiger partial charge in [0.1, 0.15) is 23.5 Å². The average molecular weight is 717 g/mol. The van der Waals surface area contributed by atoms with Gasteiger partial charge in [0.05, 0.1) is 25.4 Å². The van der Waals surface area contributed by atoms with Gasteiger partial charge in [-0.3, -0.25) is 9.59 Å². The summed E-state index contributed by atoms with van der Waals surface area (Å²) in [4.78, 5) is 43.3. The van der Waals surface area contributed by atoms with Crippen LogP contribution in [0.1, 0.15) is 97.1 Å². The standard InChI is InChI=1S/C23H30O4.C17H22O4.C3H4O/c1-4-19-9-14-22(18(2)17-19)27-23(24)20-10-12-21(13-11-20)26-16-8-6-5-7-15-25-3;1-3-17(19)21-13-7-5-4-6-12-20-16-10-8-15(9-11-16)14(2)18;1-2-3-4/h9-14,17H,4-8,15-16H2,1-3H3;3,8-11H,1,4-7,12-13H2,2H3;2-3H,1H2. The number of ketones is 1. The van der Waals surface area contributed by atoms with Crippen molar-refractivity contribution in [3.05, 3.63) is 114 Å². The van der Waals surface area contributed by atoms with E-state index in [-0.39, 0.29) is 17.7 Å². The molecule has 0 radical (unpaired) electrons. The van der Waals surface area contributed by atoms with E-state index in [9.17, 15) is 14.4 Å². The molecule has 0 aliphatic carbocycles. The third-order valence-corrected chi connectivity index (χ3v) is 7.53. The lowest BCUT2D eigenvalue weighted by Crippen LogP contribution is -2.09. The summed E-state index contributed by atoms with van der Waals surface area (Å²) in [6.07, 6.45) is 12.2. The lowest BCUT2D eigenvalue weighted by Gasteiger charge is -2.10. The Morgan fingerprint density at radius 2 is 1.19 bits per heavy atom. The van der Waals surface area contributed by atoms with Crippen molar-refractivity contribution in [2.45, 2.75) is 78.6 Å². The molecule has 3 aromatic rings. The van der Waals surface area contributed by atoms with Crippen LogP contribution >= 0.6 is 0 Å². The van der Waals surface area contributed by atoms with Crippen LogP contribution in [0.25, 0.3) is 0 Å². The summed E-state index contributed by atoms with van der Waals surface area (Å²) >= 11 is 0. The Hall–Kier alpha value is -5.02. The minimum absolute atomic E-state index is 0.0544. The largest absolute Gasteiger partial charge is 0.494 e. The number of unbranched alkanes of at least 4 members (excludes halogenated alkanes) is 6. The highest BCUT2D eigenvalue weighted by atomic mass is 16.5. The Balaban J connectivity index is 0.000000484. The number of Topliss-reactive ketones (excluding diaryl/α,β-unsaturated/α-hetero) is 1. The highest BCUT2D eigenvalue weighted by molar-refractivity contribution is 5.94. The van der Waals surface area contributed by atoms with Crippen molar-refractivity contribution in [3.8, 4) is 17.2 Å². The molecule has 3 aromatic carbocycles. The molecule has 0 heterocycles. The van der Waals surface area contributed by atoms with Crippen LogP contribution in [0.2, 0.25) is 0 Å². The molecule has 0 spiro atoms. The van der Waals surface area contributed by atoms with Crippen molar-refractivity contribution in [2.24, 2.45) is 0 Å². The average Bonchev–Trinajstić information content (AvgIpc) is 3.16. The van der Waals surface area contributed by atoms with E-state index in [0.717, 1.165) is 81.5 Å². The fraction of sp³-hybridized carbons (Fsp3) is 0.395. The van der Waals surface area contributed by atoms with Crippen LogP contribution in [0.3, 0.4) is 0 Å². The van der Waals surface area contributed by atoms with E-state index < -0.39 is 0 Å². The topological polar surface area (TPSA) is 114 Å². The molecule has 0 bridgehead atoms. The molecule has 0 unspecified atom stereocenters. The molecule has 3 rings (SSSR count). The van der Waals surface area contributed by atoms with Crippen LogP contribution in [-0.2, 0) is 25.5 Å². The van der Waals surface area contributed by atoms with Crippen LogP contribution in [-0.4, -0.2) is 57.5 Å². The fourth-order valence-electron chi connectivity index (χ4n) is 4.55. The summed E-state index contributed by atoms with van der Waals surface area (Å²) in [5, 5.41) is 0. The van der Waals surface area contributed by atoms with Crippen LogP contribution in [0, 0.1) is 6.92 Å². The van der Waals surface area contributed by atoms with Gasteiger partial charge in [0.15, 0.2) is 5.78 Å². The Morgan fingerprint density at radius 1 is 0.692 bits per heavy atom. The number of esters is 2. The van der Waals surface area contributed by atoms with Gasteiger partial charge in [0.2, 0.25) is 0 Å². The van der Waals surface area contributed by atoms with E-state index in [0.29, 0.717) is 43.0 Å². The van der Waals surface area contributed by atoms with Crippen molar-refractivity contribution >= 4 is 24.0 Å². The Kier molecular flexibility index (Phi) is 24.8. The van der Waals surface area contributed by atoms with Crippen molar-refractivity contribution < 1.29 is 42.9 Å². The Bertz CT molecular complexity index is 1470. The summed E-state index contributed by atoms with van der Waals surface area (Å²) in [5.74, 6) is 1.48. The van der Waals surface area contributed by atoms with E-state index in [4.69, 9.17) is 28.5 Å². The van der Waals surface area contributed by atoms with Crippen LogP contribution in [0.15, 0.2) is 92.0 Å². The second-order valence-corrected chi connectivity index (χ2v) is 11.7. The summed E-state index contributed by atoms with van der Waals surface area (Å²) in [5.41, 5.74) is 3.40. The molecule has 52 heavy (non-hydrogen) atoms. The molecule has 0 saturated heterocycles. The number of hydrogen-bond acceptors (Lipinski definition) is 9. The molecule has 0 amide bonds. The highest BCUT2D eigenvalue weighted by Gasteiger charge is 2.11. The predicted molar refractivity (Wildman–Crippen MR) is 206 cm³/mol. The number of aryl methyl sites for hydroxylation is 2. The van der Waals surface area contributed by atoms with Crippen molar-refractivity contribution in [1.82, 2.24) is 0 Å². The number of allylic oxidation sites excluding steroid dienone is 1. The fourth-order valence-corrected chi connectivity index (χ4v) is 4.55. The van der Waals surface area contributed by atoms with E-state index in [2.05, 4.69) is 26.1 Å². The quantitative estimate of drug-likeness (QED) is 0.0251. The number of rotatable bonds is 22. The van der Waals surface area contributed by atoms with Crippen LogP contribution in [0.4, 0.5) is 0 Å². The molecule has 0 N–H and O–H groups in total. The van der Waals surface area contributed by atoms with Gasteiger partial charge in [-0.05, 0) is 137 Å². The number of aldehydes is 1. The van der Waals surface area contributed by atoms with E-state index in [1.54, 1.807) is 38.3 Å². The van der Waals surface area contributed by atoms with Gasteiger partial charge in [-0.1, -0.05) is 38.6 Å². The maximum atomic E-state index is 12.3. The van der Waals surface area contributed by atoms with Gasteiger partial charge in [-0.2, -0.15) is 0 Å². The summed E-state index contributed by atoms with van der Waals surface area (Å²) in [6.45, 7) is 14.6. The third-order valence-electron chi connectivity index (χ3n) is 7.53. The molecule has 0 aliphatic rings. The molecule has 0 aromatic heterocycles. The molecule has 0 saturated carbocycles. The summed E-state index contributed by atoms with van der Waals surface area (Å²) in [6, 6.07) is 20.2. The minimum Gasteiger partial charge on any atom is -0.494 e. The zero-order valence-electron chi connectivity index (χ0n) is 31.4. The molecule has 9 heteroatoms. The van der Waals surface area contributed by atoms with E-state index >= 15 is 0 Å². The number of hydrogen-bond donors (Lipinski definition) is 0. The van der Waals surface area contributed by atoms with Crippen molar-refractivity contribution in [2.75, 3.05) is 33.5 Å². The maximum Gasteiger partial charge on any atom is 0.343 e. The van der Waals surface area contributed by atoms with Crippen molar-refractivity contribution in [1.29, 1.82) is 0 Å². The molecule has 0 fully saturated rings. The lowest BCUT2D eigenvalue weighted by atomic mass is 10.1. The molecular formula is C43H56O9. The van der Waals surface area contributed by atoms with Crippen molar-refractivity contribution in [3.63, 3.8) is 0 Å². The summed E-state index contributed by atoms with van der Waals surface area (Å²) in [7, 11) is 1.73. The highest BCUT2D eigenvalue weighted by Crippen LogP contribution is 2.22. The first kappa shape index (κ1) is 45.0. The first-order valence-corrected chi connectivity index (χ1v) is 17.8. The lowest BCUT2D eigenvalue weighted by molar-refractivity contribution is -0.137. The van der Waals surface area contributed by atoms with Gasteiger partial charge in [-0.25, -0.2) is 9.59 Å². The van der Waals surface area contributed by atoms with Gasteiger partial charge in [-0.15, -0.1) is 0 Å². The second-order valence-electron chi connectivity index (χ2n) is 11.7. The van der Waals surface area contributed by atoms with E-state index in [1.165, 1.54) is 17.7 Å². The van der Waals surface area contributed by atoms with Gasteiger partial charge in [0.25, 0.3) is 0 Å². The minimum atomic E-state index is -0.368. The normalized spacial score (nSPS) is 9.92. The number of benzene rings is 3. The van der Waals surface area contributed by atoms with Crippen LogP contribution < -0.4 is 14.2 Å². The van der Waals surface area contributed by atoms with Gasteiger partial charge in [0, 0.05) is 25.4 Å². The zero-order valence-corrected chi connectivity index (χ0v) is 31.4. The molecule has 9 nitrogen and oxygen atoms in total.